The van der Waals surface area contributed by atoms with Gasteiger partial charge in [0.15, 0.2) is 0 Å². The summed E-state index contributed by atoms with van der Waals surface area (Å²) in [6.07, 6.45) is 2.72. The SMILES string of the molecule is Cc1cccc(OCCCCOc2ccc(CCc3cccc4c3OC(C(=O)O)CN4CCCC(=O)O)cc2)c1. The standard InChI is InChI=1S/C32H37NO7/c1-23-7-4-9-27(21-23)39-20-3-2-19-38-26-16-13-24(14-17-26)12-15-25-8-5-10-28-31(25)40-29(32(36)37)22-33(28)18-6-11-30(34)35/h4-5,7-10,13-14,16-17,21,29H,2-3,6,11-12,15,18-20,22H2,1H3,(H,34,35)(H,36,37). The van der Waals surface area contributed by atoms with Gasteiger partial charge in [-0.1, -0.05) is 36.4 Å². The van der Waals surface area contributed by atoms with Crippen LogP contribution in [0, 0.1) is 6.92 Å². The Morgan fingerprint density at radius 3 is 2.33 bits per heavy atom. The van der Waals surface area contributed by atoms with Gasteiger partial charge in [0.25, 0.3) is 0 Å². The molecule has 2 N–H and O–H groups in total. The van der Waals surface area contributed by atoms with E-state index in [1.54, 1.807) is 0 Å². The van der Waals surface area contributed by atoms with Gasteiger partial charge in [-0.2, -0.15) is 0 Å². The summed E-state index contributed by atoms with van der Waals surface area (Å²) in [5.74, 6) is 0.400. The number of aryl methyl sites for hydroxylation is 3. The molecule has 0 saturated carbocycles. The van der Waals surface area contributed by atoms with Crippen LogP contribution in [-0.4, -0.2) is 54.6 Å². The summed E-state index contributed by atoms with van der Waals surface area (Å²) in [4.78, 5) is 24.6. The molecule has 0 aromatic heterocycles. The van der Waals surface area contributed by atoms with Crippen molar-refractivity contribution in [1.82, 2.24) is 0 Å². The Balaban J connectivity index is 1.26. The molecule has 1 atom stereocenters. The average Bonchev–Trinajstić information content (AvgIpc) is 2.94. The molecule has 3 aromatic carbocycles. The highest BCUT2D eigenvalue weighted by Crippen LogP contribution is 2.37. The topological polar surface area (TPSA) is 106 Å². The molecular weight excluding hydrogens is 510 g/mol. The fourth-order valence-corrected chi connectivity index (χ4v) is 4.71. The monoisotopic (exact) mass is 547 g/mol. The maximum Gasteiger partial charge on any atom is 0.346 e. The van der Waals surface area contributed by atoms with Crippen molar-refractivity contribution >= 4 is 17.6 Å². The van der Waals surface area contributed by atoms with Gasteiger partial charge in [-0.05, 0) is 86.1 Å². The van der Waals surface area contributed by atoms with Crippen LogP contribution >= 0.6 is 0 Å². The molecule has 8 nitrogen and oxygen atoms in total. The van der Waals surface area contributed by atoms with E-state index in [1.807, 2.05) is 78.6 Å². The lowest BCUT2D eigenvalue weighted by Crippen LogP contribution is -2.45. The second-order valence-corrected chi connectivity index (χ2v) is 10.0. The molecule has 8 heteroatoms. The zero-order chi connectivity index (χ0) is 28.3. The first-order valence-corrected chi connectivity index (χ1v) is 13.8. The van der Waals surface area contributed by atoms with E-state index in [0.717, 1.165) is 47.6 Å². The Bertz CT molecular complexity index is 1270. The van der Waals surface area contributed by atoms with E-state index in [9.17, 15) is 14.7 Å². The highest BCUT2D eigenvalue weighted by Gasteiger charge is 2.31. The smallest absolute Gasteiger partial charge is 0.346 e. The van der Waals surface area contributed by atoms with Crippen LogP contribution in [0.15, 0.2) is 66.7 Å². The van der Waals surface area contributed by atoms with E-state index in [2.05, 4.69) is 0 Å². The van der Waals surface area contributed by atoms with Crippen LogP contribution in [0.1, 0.15) is 42.4 Å². The van der Waals surface area contributed by atoms with E-state index < -0.39 is 18.0 Å². The summed E-state index contributed by atoms with van der Waals surface area (Å²) in [6, 6.07) is 21.9. The number of carboxylic acid groups (broad SMARTS) is 2. The number of carboxylic acids is 2. The predicted molar refractivity (Wildman–Crippen MR) is 153 cm³/mol. The summed E-state index contributed by atoms with van der Waals surface area (Å²) in [7, 11) is 0. The number of hydrogen-bond donors (Lipinski definition) is 2. The van der Waals surface area contributed by atoms with Crippen LogP contribution in [0.4, 0.5) is 5.69 Å². The quantitative estimate of drug-likeness (QED) is 0.239. The lowest BCUT2D eigenvalue weighted by molar-refractivity contribution is -0.145. The molecule has 0 radical (unpaired) electrons. The number of ether oxygens (including phenoxy) is 3. The van der Waals surface area contributed by atoms with E-state index >= 15 is 0 Å². The molecular formula is C32H37NO7. The number of nitrogens with zero attached hydrogens (tertiary/aromatic N) is 1. The summed E-state index contributed by atoms with van der Waals surface area (Å²) in [5.41, 5.74) is 4.07. The van der Waals surface area contributed by atoms with E-state index in [-0.39, 0.29) is 13.0 Å². The number of rotatable bonds is 15. The van der Waals surface area contributed by atoms with Gasteiger partial charge in [0.05, 0.1) is 25.4 Å². The third kappa shape index (κ3) is 8.40. The summed E-state index contributed by atoms with van der Waals surface area (Å²) in [5, 5.41) is 18.6. The molecule has 0 aliphatic carbocycles. The van der Waals surface area contributed by atoms with Crippen molar-refractivity contribution in [3.63, 3.8) is 0 Å². The van der Waals surface area contributed by atoms with Crippen molar-refractivity contribution in [3.8, 4) is 17.2 Å². The average molecular weight is 548 g/mol. The summed E-state index contributed by atoms with van der Waals surface area (Å²) < 4.78 is 17.6. The maximum atomic E-state index is 11.7. The van der Waals surface area contributed by atoms with Crippen LogP contribution in [0.5, 0.6) is 17.2 Å². The largest absolute Gasteiger partial charge is 0.494 e. The maximum absolute atomic E-state index is 11.7. The first kappa shape index (κ1) is 28.8. The van der Waals surface area contributed by atoms with Crippen molar-refractivity contribution < 1.29 is 34.0 Å². The van der Waals surface area contributed by atoms with E-state index in [0.29, 0.717) is 38.3 Å². The van der Waals surface area contributed by atoms with Gasteiger partial charge in [-0.25, -0.2) is 4.79 Å². The Morgan fingerprint density at radius 1 is 0.900 bits per heavy atom. The fourth-order valence-electron chi connectivity index (χ4n) is 4.71. The molecule has 1 aliphatic heterocycles. The van der Waals surface area contributed by atoms with Crippen LogP contribution in [0.3, 0.4) is 0 Å². The molecule has 1 unspecified atom stereocenters. The van der Waals surface area contributed by atoms with Gasteiger partial charge in [0.1, 0.15) is 17.2 Å². The molecule has 3 aromatic rings. The lowest BCUT2D eigenvalue weighted by Gasteiger charge is -2.35. The number of para-hydroxylation sites is 1. The summed E-state index contributed by atoms with van der Waals surface area (Å²) in [6.45, 7) is 3.97. The number of aliphatic carboxylic acids is 2. The first-order chi connectivity index (χ1) is 19.4. The summed E-state index contributed by atoms with van der Waals surface area (Å²) >= 11 is 0. The Kier molecular flexibility index (Phi) is 10.3. The number of anilines is 1. The number of hydrogen-bond acceptors (Lipinski definition) is 6. The second-order valence-electron chi connectivity index (χ2n) is 10.0. The van der Waals surface area contributed by atoms with Crippen molar-refractivity contribution in [2.45, 2.75) is 51.6 Å². The molecule has 1 aliphatic rings. The molecule has 0 bridgehead atoms. The number of carbonyl (C=O) groups is 2. The highest BCUT2D eigenvalue weighted by atomic mass is 16.5. The molecule has 0 saturated heterocycles. The van der Waals surface area contributed by atoms with Gasteiger partial charge in [-0.3, -0.25) is 4.79 Å². The Labute approximate surface area is 235 Å². The molecule has 0 amide bonds. The van der Waals surface area contributed by atoms with Gasteiger partial charge in [0.2, 0.25) is 6.10 Å². The molecule has 4 rings (SSSR count). The molecule has 212 valence electrons. The Morgan fingerprint density at radius 2 is 1.62 bits per heavy atom. The zero-order valence-corrected chi connectivity index (χ0v) is 22.9. The van der Waals surface area contributed by atoms with E-state index in [4.69, 9.17) is 19.3 Å². The molecule has 0 spiro atoms. The van der Waals surface area contributed by atoms with Crippen LogP contribution < -0.4 is 19.1 Å². The molecule has 0 fully saturated rings. The second kappa shape index (κ2) is 14.3. The van der Waals surface area contributed by atoms with Crippen molar-refractivity contribution in [2.24, 2.45) is 0 Å². The van der Waals surface area contributed by atoms with Gasteiger partial charge in [-0.15, -0.1) is 0 Å². The lowest BCUT2D eigenvalue weighted by atomic mass is 10.0. The first-order valence-electron chi connectivity index (χ1n) is 13.8. The number of fused-ring (bicyclic) bond motifs is 1. The highest BCUT2D eigenvalue weighted by molar-refractivity contribution is 5.77. The van der Waals surface area contributed by atoms with Crippen LogP contribution in [-0.2, 0) is 22.4 Å². The number of unbranched alkanes of at least 4 members (excludes halogenated alkanes) is 1. The van der Waals surface area contributed by atoms with Crippen LogP contribution in [0.25, 0.3) is 0 Å². The minimum atomic E-state index is -1.03. The minimum absolute atomic E-state index is 0.0340. The van der Waals surface area contributed by atoms with Crippen LogP contribution in [0.2, 0.25) is 0 Å². The zero-order valence-electron chi connectivity index (χ0n) is 22.9. The van der Waals surface area contributed by atoms with Crippen molar-refractivity contribution in [2.75, 3.05) is 31.2 Å². The third-order valence-corrected chi connectivity index (χ3v) is 6.83. The van der Waals surface area contributed by atoms with Gasteiger partial charge >= 0.3 is 11.9 Å². The van der Waals surface area contributed by atoms with Gasteiger partial charge < -0.3 is 29.3 Å². The van der Waals surface area contributed by atoms with E-state index in [1.165, 1.54) is 5.56 Å². The Hall–Kier alpha value is -4.20. The normalized spacial score (nSPS) is 14.2. The molecule has 1 heterocycles. The van der Waals surface area contributed by atoms with Crippen molar-refractivity contribution in [3.05, 3.63) is 83.4 Å². The molecule has 40 heavy (non-hydrogen) atoms. The number of benzene rings is 3. The predicted octanol–water partition coefficient (Wildman–Crippen LogP) is 5.54. The van der Waals surface area contributed by atoms with Gasteiger partial charge in [0, 0.05) is 13.0 Å². The third-order valence-electron chi connectivity index (χ3n) is 6.83. The minimum Gasteiger partial charge on any atom is -0.494 e. The van der Waals surface area contributed by atoms with Crippen molar-refractivity contribution in [1.29, 1.82) is 0 Å². The fraction of sp³-hybridized carbons (Fsp3) is 0.375.